The van der Waals surface area contributed by atoms with Gasteiger partial charge in [-0.15, -0.1) is 0 Å². The Balaban J connectivity index is 1.72. The average Bonchev–Trinajstić information content (AvgIpc) is 2.70. The molecular weight excluding hydrogens is 244 g/mol. The van der Waals surface area contributed by atoms with Gasteiger partial charge in [-0.05, 0) is 27.2 Å². The van der Waals surface area contributed by atoms with Gasteiger partial charge in [0.2, 0.25) is 0 Å². The standard InChI is InChI=1S/C14H26N2O3/c1-13(2,3)19-12(17)16-6-5-11(7-16)15-8-14(4)9-18-10-14/h11,15H,5-10H2,1-4H3. The zero-order valence-corrected chi connectivity index (χ0v) is 12.5. The molecule has 5 nitrogen and oxygen atoms in total. The first-order chi connectivity index (χ1) is 8.77. The second-order valence-corrected chi connectivity index (χ2v) is 7.10. The Morgan fingerprint density at radius 2 is 2.16 bits per heavy atom. The highest BCUT2D eigenvalue weighted by Crippen LogP contribution is 2.26. The highest BCUT2D eigenvalue weighted by atomic mass is 16.6. The zero-order valence-electron chi connectivity index (χ0n) is 12.5. The number of nitrogens with one attached hydrogen (secondary N) is 1. The van der Waals surface area contributed by atoms with E-state index in [-0.39, 0.29) is 11.5 Å². The van der Waals surface area contributed by atoms with Crippen molar-refractivity contribution >= 4 is 6.09 Å². The van der Waals surface area contributed by atoms with Crippen LogP contribution in [0.25, 0.3) is 0 Å². The molecule has 2 heterocycles. The fourth-order valence-electron chi connectivity index (χ4n) is 2.36. The number of carbonyl (C=O) groups excluding carboxylic acids is 1. The predicted molar refractivity (Wildman–Crippen MR) is 73.1 cm³/mol. The number of rotatable bonds is 3. The van der Waals surface area contributed by atoms with Gasteiger partial charge < -0.3 is 19.7 Å². The van der Waals surface area contributed by atoms with Crippen LogP contribution in [0.15, 0.2) is 0 Å². The number of amides is 1. The molecule has 2 saturated heterocycles. The highest BCUT2D eigenvalue weighted by molar-refractivity contribution is 5.68. The van der Waals surface area contributed by atoms with Gasteiger partial charge in [-0.3, -0.25) is 0 Å². The molecule has 5 heteroatoms. The number of carbonyl (C=O) groups is 1. The first-order valence-electron chi connectivity index (χ1n) is 7.07. The molecule has 2 aliphatic rings. The third kappa shape index (κ3) is 4.08. The van der Waals surface area contributed by atoms with Gasteiger partial charge in [0.1, 0.15) is 5.60 Å². The minimum absolute atomic E-state index is 0.199. The molecule has 0 aromatic carbocycles. The minimum Gasteiger partial charge on any atom is -0.444 e. The van der Waals surface area contributed by atoms with Crippen LogP contribution in [-0.2, 0) is 9.47 Å². The van der Waals surface area contributed by atoms with Gasteiger partial charge in [-0.2, -0.15) is 0 Å². The van der Waals surface area contributed by atoms with E-state index in [0.717, 1.165) is 39.3 Å². The summed E-state index contributed by atoms with van der Waals surface area (Å²) < 4.78 is 10.6. The third-order valence-corrected chi connectivity index (χ3v) is 3.56. The van der Waals surface area contributed by atoms with Crippen molar-refractivity contribution in [1.82, 2.24) is 10.2 Å². The Labute approximate surface area is 115 Å². The van der Waals surface area contributed by atoms with Crippen LogP contribution in [0.1, 0.15) is 34.1 Å². The molecule has 2 aliphatic heterocycles. The molecule has 0 radical (unpaired) electrons. The van der Waals surface area contributed by atoms with Crippen molar-refractivity contribution in [3.63, 3.8) is 0 Å². The number of nitrogens with zero attached hydrogens (tertiary/aromatic N) is 1. The normalized spacial score (nSPS) is 26.1. The quantitative estimate of drug-likeness (QED) is 0.846. The van der Waals surface area contributed by atoms with Crippen molar-refractivity contribution < 1.29 is 14.3 Å². The van der Waals surface area contributed by atoms with Crippen LogP contribution in [0.2, 0.25) is 0 Å². The second kappa shape index (κ2) is 5.29. The van der Waals surface area contributed by atoms with Crippen LogP contribution in [0.3, 0.4) is 0 Å². The van der Waals surface area contributed by atoms with E-state index in [0.29, 0.717) is 6.04 Å². The van der Waals surface area contributed by atoms with Gasteiger partial charge in [0, 0.05) is 31.1 Å². The number of hydrogen-bond acceptors (Lipinski definition) is 4. The van der Waals surface area contributed by atoms with Crippen LogP contribution in [-0.4, -0.2) is 55.5 Å². The summed E-state index contributed by atoms with van der Waals surface area (Å²) in [4.78, 5) is 13.7. The summed E-state index contributed by atoms with van der Waals surface area (Å²) in [6.07, 6.45) is 0.797. The Morgan fingerprint density at radius 3 is 2.68 bits per heavy atom. The molecule has 2 fully saturated rings. The molecule has 2 rings (SSSR count). The van der Waals surface area contributed by atoms with Crippen molar-refractivity contribution in [2.24, 2.45) is 5.41 Å². The summed E-state index contributed by atoms with van der Waals surface area (Å²) in [6.45, 7) is 12.1. The summed E-state index contributed by atoms with van der Waals surface area (Å²) >= 11 is 0. The SMILES string of the molecule is CC1(CNC2CCN(C(=O)OC(C)(C)C)C2)COC1. The topological polar surface area (TPSA) is 50.8 Å². The van der Waals surface area contributed by atoms with Crippen molar-refractivity contribution in [2.45, 2.75) is 45.8 Å². The van der Waals surface area contributed by atoms with Crippen molar-refractivity contribution in [2.75, 3.05) is 32.8 Å². The van der Waals surface area contributed by atoms with Crippen LogP contribution < -0.4 is 5.32 Å². The van der Waals surface area contributed by atoms with Crippen molar-refractivity contribution in [1.29, 1.82) is 0 Å². The van der Waals surface area contributed by atoms with Gasteiger partial charge >= 0.3 is 6.09 Å². The molecular formula is C14H26N2O3. The van der Waals surface area contributed by atoms with E-state index in [2.05, 4.69) is 12.2 Å². The molecule has 0 aromatic heterocycles. The van der Waals surface area contributed by atoms with E-state index in [1.165, 1.54) is 0 Å². The predicted octanol–water partition coefficient (Wildman–Crippen LogP) is 1.62. The number of hydrogen-bond donors (Lipinski definition) is 1. The summed E-state index contributed by atoms with van der Waals surface area (Å²) in [7, 11) is 0. The lowest BCUT2D eigenvalue weighted by Crippen LogP contribution is -2.50. The van der Waals surface area contributed by atoms with Gasteiger partial charge in [0.05, 0.1) is 13.2 Å². The molecule has 0 spiro atoms. The van der Waals surface area contributed by atoms with E-state index >= 15 is 0 Å². The molecule has 110 valence electrons. The molecule has 1 N–H and O–H groups in total. The van der Waals surface area contributed by atoms with E-state index in [9.17, 15) is 4.79 Å². The van der Waals surface area contributed by atoms with E-state index in [1.54, 1.807) is 4.90 Å². The van der Waals surface area contributed by atoms with Gasteiger partial charge in [0.25, 0.3) is 0 Å². The monoisotopic (exact) mass is 270 g/mol. The summed E-state index contributed by atoms with van der Waals surface area (Å²) in [5.41, 5.74) is -0.140. The summed E-state index contributed by atoms with van der Waals surface area (Å²) in [6, 6.07) is 0.380. The maximum atomic E-state index is 11.9. The lowest BCUT2D eigenvalue weighted by molar-refractivity contribution is -0.0999. The molecule has 1 atom stereocenters. The molecule has 0 saturated carbocycles. The number of ether oxygens (including phenoxy) is 2. The maximum Gasteiger partial charge on any atom is 0.410 e. The van der Waals surface area contributed by atoms with Crippen molar-refractivity contribution in [3.8, 4) is 0 Å². The first-order valence-corrected chi connectivity index (χ1v) is 7.07. The van der Waals surface area contributed by atoms with Crippen LogP contribution in [0.5, 0.6) is 0 Å². The molecule has 1 amide bonds. The van der Waals surface area contributed by atoms with E-state index < -0.39 is 5.60 Å². The molecule has 0 aliphatic carbocycles. The lowest BCUT2D eigenvalue weighted by Gasteiger charge is -2.39. The molecule has 0 bridgehead atoms. The number of likely N-dealkylation sites (tertiary alicyclic amines) is 1. The Bertz CT molecular complexity index is 334. The Kier molecular flexibility index (Phi) is 4.06. The molecule has 1 unspecified atom stereocenters. The minimum atomic E-state index is -0.417. The van der Waals surface area contributed by atoms with Gasteiger partial charge in [0.15, 0.2) is 0 Å². The van der Waals surface area contributed by atoms with Gasteiger partial charge in [-0.1, -0.05) is 6.92 Å². The smallest absolute Gasteiger partial charge is 0.410 e. The Morgan fingerprint density at radius 1 is 1.47 bits per heavy atom. The van der Waals surface area contributed by atoms with Crippen LogP contribution in [0.4, 0.5) is 4.79 Å². The maximum absolute atomic E-state index is 11.9. The zero-order chi connectivity index (χ0) is 14.1. The Hall–Kier alpha value is -0.810. The fourth-order valence-corrected chi connectivity index (χ4v) is 2.36. The average molecular weight is 270 g/mol. The summed E-state index contributed by atoms with van der Waals surface area (Å²) in [5.74, 6) is 0. The largest absolute Gasteiger partial charge is 0.444 e. The fraction of sp³-hybridized carbons (Fsp3) is 0.929. The van der Waals surface area contributed by atoms with E-state index in [4.69, 9.17) is 9.47 Å². The summed E-state index contributed by atoms with van der Waals surface area (Å²) in [5, 5.41) is 3.54. The van der Waals surface area contributed by atoms with E-state index in [1.807, 2.05) is 20.8 Å². The first kappa shape index (κ1) is 14.6. The van der Waals surface area contributed by atoms with Crippen LogP contribution >= 0.6 is 0 Å². The highest BCUT2D eigenvalue weighted by Gasteiger charge is 2.35. The van der Waals surface area contributed by atoms with Gasteiger partial charge in [-0.25, -0.2) is 4.79 Å². The third-order valence-electron chi connectivity index (χ3n) is 3.56. The molecule has 0 aromatic rings. The van der Waals surface area contributed by atoms with Crippen molar-refractivity contribution in [3.05, 3.63) is 0 Å². The lowest BCUT2D eigenvalue weighted by atomic mass is 9.88. The second-order valence-electron chi connectivity index (χ2n) is 7.10. The van der Waals surface area contributed by atoms with Crippen LogP contribution in [0, 0.1) is 5.41 Å². The molecule has 19 heavy (non-hydrogen) atoms.